The molecule has 1 saturated heterocycles. The lowest BCUT2D eigenvalue weighted by molar-refractivity contribution is 0.196. The van der Waals surface area contributed by atoms with Crippen LogP contribution in [0, 0.1) is 6.92 Å². The third-order valence-corrected chi connectivity index (χ3v) is 4.83. The van der Waals surface area contributed by atoms with Crippen LogP contribution in [0.25, 0.3) is 11.5 Å². The Kier molecular flexibility index (Phi) is 4.71. The van der Waals surface area contributed by atoms with Gasteiger partial charge in [0, 0.05) is 62.7 Å². The summed E-state index contributed by atoms with van der Waals surface area (Å²) in [5.41, 5.74) is 3.02. The van der Waals surface area contributed by atoms with Gasteiger partial charge in [-0.25, -0.2) is 15.0 Å². The molecule has 0 aromatic carbocycles. The van der Waals surface area contributed by atoms with E-state index in [1.54, 1.807) is 18.6 Å². The standard InChI is InChI=1S/C19H23N7/c1-14-23-17(10-18(24-14)19-22-7-9-25(19)2)15-4-3-8-26(12-15)13-16-11-20-5-6-21-16/h5-7,9-11,15H,3-4,8,12-13H2,1-2H3. The summed E-state index contributed by atoms with van der Waals surface area (Å²) in [5, 5.41) is 0. The van der Waals surface area contributed by atoms with Gasteiger partial charge >= 0.3 is 0 Å². The van der Waals surface area contributed by atoms with E-state index in [1.807, 2.05) is 30.9 Å². The molecule has 0 spiro atoms. The highest BCUT2D eigenvalue weighted by Gasteiger charge is 2.24. The van der Waals surface area contributed by atoms with Gasteiger partial charge in [0.25, 0.3) is 0 Å². The van der Waals surface area contributed by atoms with Crippen molar-refractivity contribution in [2.24, 2.45) is 7.05 Å². The van der Waals surface area contributed by atoms with Gasteiger partial charge in [0.2, 0.25) is 0 Å². The smallest absolute Gasteiger partial charge is 0.158 e. The van der Waals surface area contributed by atoms with E-state index in [0.29, 0.717) is 5.92 Å². The number of nitrogens with zero attached hydrogens (tertiary/aromatic N) is 7. The van der Waals surface area contributed by atoms with Crippen LogP contribution in [-0.2, 0) is 13.6 Å². The number of aryl methyl sites for hydroxylation is 2. The predicted molar refractivity (Wildman–Crippen MR) is 98.3 cm³/mol. The van der Waals surface area contributed by atoms with Crippen LogP contribution < -0.4 is 0 Å². The summed E-state index contributed by atoms with van der Waals surface area (Å²) in [6.07, 6.45) is 11.4. The van der Waals surface area contributed by atoms with E-state index in [9.17, 15) is 0 Å². The van der Waals surface area contributed by atoms with Crippen molar-refractivity contribution in [1.82, 2.24) is 34.4 Å². The lowest BCUT2D eigenvalue weighted by atomic mass is 9.94. The molecule has 7 heteroatoms. The molecule has 0 radical (unpaired) electrons. The fraction of sp³-hybridized carbons (Fsp3) is 0.421. The van der Waals surface area contributed by atoms with Gasteiger partial charge in [-0.3, -0.25) is 14.9 Å². The zero-order chi connectivity index (χ0) is 17.9. The number of imidazole rings is 1. The molecule has 3 aromatic rings. The Morgan fingerprint density at radius 1 is 1.15 bits per heavy atom. The van der Waals surface area contributed by atoms with Crippen molar-refractivity contribution in [3.8, 4) is 11.5 Å². The van der Waals surface area contributed by atoms with Gasteiger partial charge in [-0.1, -0.05) is 0 Å². The van der Waals surface area contributed by atoms with Gasteiger partial charge < -0.3 is 4.57 Å². The summed E-state index contributed by atoms with van der Waals surface area (Å²) >= 11 is 0. The van der Waals surface area contributed by atoms with Crippen LogP contribution in [-0.4, -0.2) is 47.5 Å². The zero-order valence-electron chi connectivity index (χ0n) is 15.2. The molecule has 1 atom stereocenters. The molecule has 0 saturated carbocycles. The van der Waals surface area contributed by atoms with Crippen LogP contribution in [0.5, 0.6) is 0 Å². The fourth-order valence-corrected chi connectivity index (χ4v) is 3.61. The maximum absolute atomic E-state index is 4.74. The highest BCUT2D eigenvalue weighted by molar-refractivity contribution is 5.50. The van der Waals surface area contributed by atoms with Crippen molar-refractivity contribution >= 4 is 0 Å². The first-order chi connectivity index (χ1) is 12.7. The molecule has 26 heavy (non-hydrogen) atoms. The van der Waals surface area contributed by atoms with Crippen molar-refractivity contribution in [1.29, 1.82) is 0 Å². The predicted octanol–water partition coefficient (Wildman–Crippen LogP) is 2.36. The van der Waals surface area contributed by atoms with Crippen molar-refractivity contribution in [3.05, 3.63) is 54.3 Å². The van der Waals surface area contributed by atoms with E-state index in [4.69, 9.17) is 4.98 Å². The molecule has 1 aliphatic rings. The van der Waals surface area contributed by atoms with Crippen molar-refractivity contribution in [3.63, 3.8) is 0 Å². The summed E-state index contributed by atoms with van der Waals surface area (Å²) in [5.74, 6) is 2.08. The second kappa shape index (κ2) is 7.29. The van der Waals surface area contributed by atoms with Gasteiger partial charge in [0.1, 0.15) is 11.5 Å². The number of likely N-dealkylation sites (tertiary alicyclic amines) is 1. The zero-order valence-corrected chi connectivity index (χ0v) is 15.2. The highest BCUT2D eigenvalue weighted by atomic mass is 15.1. The minimum absolute atomic E-state index is 0.404. The normalized spacial score (nSPS) is 18.2. The number of hydrogen-bond donors (Lipinski definition) is 0. The lowest BCUT2D eigenvalue weighted by Gasteiger charge is -2.32. The molecule has 0 aliphatic carbocycles. The molecule has 134 valence electrons. The van der Waals surface area contributed by atoms with Crippen LogP contribution in [0.15, 0.2) is 37.1 Å². The Balaban J connectivity index is 1.55. The van der Waals surface area contributed by atoms with E-state index >= 15 is 0 Å². The third-order valence-electron chi connectivity index (χ3n) is 4.83. The maximum Gasteiger partial charge on any atom is 0.158 e. The molecule has 1 unspecified atom stereocenters. The Hall–Kier alpha value is -2.67. The van der Waals surface area contributed by atoms with Gasteiger partial charge in [0.05, 0.1) is 5.69 Å². The topological polar surface area (TPSA) is 72.6 Å². The van der Waals surface area contributed by atoms with Crippen LogP contribution in [0.2, 0.25) is 0 Å². The van der Waals surface area contributed by atoms with Crippen LogP contribution in [0.1, 0.15) is 36.0 Å². The number of rotatable bonds is 4. The van der Waals surface area contributed by atoms with Crippen molar-refractivity contribution in [2.45, 2.75) is 32.2 Å². The van der Waals surface area contributed by atoms with Gasteiger partial charge in [0.15, 0.2) is 5.82 Å². The van der Waals surface area contributed by atoms with E-state index in [0.717, 1.165) is 61.2 Å². The molecule has 1 aliphatic heterocycles. The first-order valence-corrected chi connectivity index (χ1v) is 8.99. The Morgan fingerprint density at radius 2 is 2.08 bits per heavy atom. The van der Waals surface area contributed by atoms with E-state index in [2.05, 4.69) is 30.9 Å². The second-order valence-corrected chi connectivity index (χ2v) is 6.86. The van der Waals surface area contributed by atoms with Crippen LogP contribution in [0.3, 0.4) is 0 Å². The summed E-state index contributed by atoms with van der Waals surface area (Å²) in [7, 11) is 1.99. The second-order valence-electron chi connectivity index (χ2n) is 6.86. The van der Waals surface area contributed by atoms with Gasteiger partial charge in [-0.2, -0.15) is 0 Å². The molecular weight excluding hydrogens is 326 g/mol. The van der Waals surface area contributed by atoms with Gasteiger partial charge in [-0.05, 0) is 32.4 Å². The number of hydrogen-bond acceptors (Lipinski definition) is 6. The average molecular weight is 349 g/mol. The van der Waals surface area contributed by atoms with E-state index in [1.165, 1.54) is 0 Å². The molecular formula is C19H23N7. The molecule has 0 amide bonds. The number of piperidine rings is 1. The fourth-order valence-electron chi connectivity index (χ4n) is 3.61. The molecule has 7 nitrogen and oxygen atoms in total. The number of aromatic nitrogens is 6. The average Bonchev–Trinajstić information content (AvgIpc) is 3.08. The molecule has 0 N–H and O–H groups in total. The quantitative estimate of drug-likeness (QED) is 0.720. The Bertz CT molecular complexity index is 875. The lowest BCUT2D eigenvalue weighted by Crippen LogP contribution is -2.34. The first-order valence-electron chi connectivity index (χ1n) is 8.99. The summed E-state index contributed by atoms with van der Waals surface area (Å²) in [6.45, 7) is 4.85. The van der Waals surface area contributed by atoms with E-state index in [-0.39, 0.29) is 0 Å². The largest absolute Gasteiger partial charge is 0.333 e. The first kappa shape index (κ1) is 16.8. The molecule has 4 heterocycles. The van der Waals surface area contributed by atoms with Crippen molar-refractivity contribution < 1.29 is 0 Å². The third kappa shape index (κ3) is 3.62. The maximum atomic E-state index is 4.74. The van der Waals surface area contributed by atoms with Crippen LogP contribution in [0.4, 0.5) is 0 Å². The SMILES string of the molecule is Cc1nc(-c2nccn2C)cc(C2CCCN(Cc3cnccn3)C2)n1. The molecule has 3 aromatic heterocycles. The summed E-state index contributed by atoms with van der Waals surface area (Å²) in [6, 6.07) is 2.10. The molecule has 0 bridgehead atoms. The Morgan fingerprint density at radius 3 is 2.85 bits per heavy atom. The van der Waals surface area contributed by atoms with Crippen molar-refractivity contribution in [2.75, 3.05) is 13.1 Å². The summed E-state index contributed by atoms with van der Waals surface area (Å²) < 4.78 is 1.99. The minimum Gasteiger partial charge on any atom is -0.333 e. The Labute approximate surface area is 153 Å². The van der Waals surface area contributed by atoms with E-state index < -0.39 is 0 Å². The highest BCUT2D eigenvalue weighted by Crippen LogP contribution is 2.28. The molecule has 4 rings (SSSR count). The monoisotopic (exact) mass is 349 g/mol. The summed E-state index contributed by atoms with van der Waals surface area (Å²) in [4.78, 5) is 24.8. The molecule has 1 fully saturated rings. The minimum atomic E-state index is 0.404. The van der Waals surface area contributed by atoms with Gasteiger partial charge in [-0.15, -0.1) is 0 Å². The van der Waals surface area contributed by atoms with Crippen LogP contribution >= 0.6 is 0 Å².